The topological polar surface area (TPSA) is 77.2 Å². The number of hydrogen-bond donors (Lipinski definition) is 1. The van der Waals surface area contributed by atoms with Gasteiger partial charge in [-0.2, -0.15) is 0 Å². The number of carbonyl (C=O) groups is 1. The van der Waals surface area contributed by atoms with Crippen LogP contribution in [0.5, 0.6) is 5.88 Å². The molecular formula is C18H16ClN3O3. The summed E-state index contributed by atoms with van der Waals surface area (Å²) in [6.45, 7) is 0.690. The molecule has 3 aromatic rings. The molecule has 6 nitrogen and oxygen atoms in total. The number of nitrogens with one attached hydrogen (secondary N) is 1. The summed E-state index contributed by atoms with van der Waals surface area (Å²) in [4.78, 5) is 11.8. The Morgan fingerprint density at radius 2 is 1.96 bits per heavy atom. The molecule has 0 saturated heterocycles. The van der Waals surface area contributed by atoms with E-state index in [4.69, 9.17) is 20.8 Å². The molecule has 0 aliphatic carbocycles. The molecule has 0 bridgehead atoms. The molecule has 2 heterocycles. The van der Waals surface area contributed by atoms with E-state index in [1.54, 1.807) is 42.7 Å². The third-order valence-corrected chi connectivity index (χ3v) is 3.62. The van der Waals surface area contributed by atoms with Crippen LogP contribution in [0.3, 0.4) is 0 Å². The van der Waals surface area contributed by atoms with Crippen LogP contribution in [0.15, 0.2) is 59.2 Å². The number of amides is 1. The number of furan rings is 1. The van der Waals surface area contributed by atoms with Gasteiger partial charge in [0.1, 0.15) is 12.3 Å². The Labute approximate surface area is 149 Å². The maximum absolute atomic E-state index is 11.8. The largest absolute Gasteiger partial charge is 0.475 e. The average molecular weight is 358 g/mol. The van der Waals surface area contributed by atoms with Crippen LogP contribution in [0.25, 0.3) is 11.5 Å². The quantitative estimate of drug-likeness (QED) is 0.657. The molecule has 1 aromatic carbocycles. The van der Waals surface area contributed by atoms with Gasteiger partial charge in [-0.25, -0.2) is 0 Å². The average Bonchev–Trinajstić information content (AvgIpc) is 3.16. The Balaban J connectivity index is 1.39. The van der Waals surface area contributed by atoms with E-state index in [9.17, 15) is 4.79 Å². The van der Waals surface area contributed by atoms with Crippen molar-refractivity contribution in [3.63, 3.8) is 0 Å². The van der Waals surface area contributed by atoms with Gasteiger partial charge in [0.15, 0.2) is 5.76 Å². The molecule has 25 heavy (non-hydrogen) atoms. The first kappa shape index (κ1) is 17.0. The highest BCUT2D eigenvalue weighted by Crippen LogP contribution is 2.17. The summed E-state index contributed by atoms with van der Waals surface area (Å²) in [6.07, 6.45) is 1.88. The van der Waals surface area contributed by atoms with Crippen molar-refractivity contribution in [2.45, 2.75) is 6.42 Å². The molecule has 0 fully saturated rings. The van der Waals surface area contributed by atoms with Crippen LogP contribution in [-0.4, -0.2) is 29.3 Å². The van der Waals surface area contributed by atoms with Crippen molar-refractivity contribution >= 4 is 17.5 Å². The number of nitrogens with zero attached hydrogens (tertiary/aromatic N) is 2. The van der Waals surface area contributed by atoms with E-state index in [0.29, 0.717) is 41.9 Å². The van der Waals surface area contributed by atoms with E-state index in [-0.39, 0.29) is 5.91 Å². The number of rotatable bonds is 7. The Bertz CT molecular complexity index is 803. The highest BCUT2D eigenvalue weighted by Gasteiger charge is 2.05. The van der Waals surface area contributed by atoms with Crippen molar-refractivity contribution in [2.24, 2.45) is 0 Å². The first-order chi connectivity index (χ1) is 12.2. The first-order valence-electron chi connectivity index (χ1n) is 7.72. The minimum atomic E-state index is -0.0785. The smallest absolute Gasteiger partial charge is 0.233 e. The van der Waals surface area contributed by atoms with Gasteiger partial charge in [0.05, 0.1) is 19.2 Å². The van der Waals surface area contributed by atoms with E-state index in [1.807, 2.05) is 12.1 Å². The fourth-order valence-electron chi connectivity index (χ4n) is 2.15. The zero-order chi connectivity index (χ0) is 17.5. The predicted octanol–water partition coefficient (Wildman–Crippen LogP) is 3.13. The summed E-state index contributed by atoms with van der Waals surface area (Å²) in [5.41, 5.74) is 1.54. The zero-order valence-electron chi connectivity index (χ0n) is 13.3. The molecule has 1 N–H and O–H groups in total. The van der Waals surface area contributed by atoms with Gasteiger partial charge < -0.3 is 14.5 Å². The van der Waals surface area contributed by atoms with Gasteiger partial charge in [0, 0.05) is 11.1 Å². The zero-order valence-corrected chi connectivity index (χ0v) is 14.1. The number of ether oxygens (including phenoxy) is 1. The Hall–Kier alpha value is -2.86. The summed E-state index contributed by atoms with van der Waals surface area (Å²) in [7, 11) is 0. The van der Waals surface area contributed by atoms with Crippen molar-refractivity contribution in [3.05, 3.63) is 65.4 Å². The number of aromatic nitrogens is 2. The van der Waals surface area contributed by atoms with Crippen LogP contribution in [0, 0.1) is 0 Å². The van der Waals surface area contributed by atoms with Crippen LogP contribution in [0.2, 0.25) is 5.02 Å². The Morgan fingerprint density at radius 3 is 2.64 bits per heavy atom. The molecule has 0 aliphatic heterocycles. The summed E-state index contributed by atoms with van der Waals surface area (Å²) >= 11 is 5.81. The number of hydrogen-bond acceptors (Lipinski definition) is 5. The third kappa shape index (κ3) is 5.06. The molecule has 0 radical (unpaired) electrons. The first-order valence-corrected chi connectivity index (χ1v) is 8.10. The van der Waals surface area contributed by atoms with E-state index in [0.717, 1.165) is 5.56 Å². The molecule has 7 heteroatoms. The van der Waals surface area contributed by atoms with Crippen molar-refractivity contribution in [2.75, 3.05) is 13.2 Å². The van der Waals surface area contributed by atoms with Gasteiger partial charge >= 0.3 is 0 Å². The predicted molar refractivity (Wildman–Crippen MR) is 93.4 cm³/mol. The lowest BCUT2D eigenvalue weighted by atomic mass is 10.1. The molecule has 1 amide bonds. The van der Waals surface area contributed by atoms with Gasteiger partial charge in [-0.3, -0.25) is 4.79 Å². The number of benzene rings is 1. The SMILES string of the molecule is O=C(Cc1ccc(Cl)cc1)NCCOc1ccc(-c2ccco2)nn1. The number of carbonyl (C=O) groups excluding carboxylic acids is 1. The second-order valence-electron chi connectivity index (χ2n) is 5.24. The van der Waals surface area contributed by atoms with E-state index in [1.165, 1.54) is 0 Å². The summed E-state index contributed by atoms with van der Waals surface area (Å²) in [5, 5.41) is 11.4. The van der Waals surface area contributed by atoms with Crippen molar-refractivity contribution in [1.29, 1.82) is 0 Å². The lowest BCUT2D eigenvalue weighted by Gasteiger charge is -2.07. The van der Waals surface area contributed by atoms with Gasteiger partial charge in [0.2, 0.25) is 11.8 Å². The van der Waals surface area contributed by atoms with Gasteiger partial charge in [-0.15, -0.1) is 10.2 Å². The maximum Gasteiger partial charge on any atom is 0.233 e. The molecule has 0 unspecified atom stereocenters. The maximum atomic E-state index is 11.8. The van der Waals surface area contributed by atoms with Crippen molar-refractivity contribution in [3.8, 4) is 17.3 Å². The fourth-order valence-corrected chi connectivity index (χ4v) is 2.27. The number of halogens is 1. The molecule has 2 aromatic heterocycles. The summed E-state index contributed by atoms with van der Waals surface area (Å²) < 4.78 is 10.7. The van der Waals surface area contributed by atoms with E-state index < -0.39 is 0 Å². The second-order valence-corrected chi connectivity index (χ2v) is 5.67. The van der Waals surface area contributed by atoms with Crippen LogP contribution in [0.1, 0.15) is 5.56 Å². The monoisotopic (exact) mass is 357 g/mol. The van der Waals surface area contributed by atoms with Gasteiger partial charge in [0.25, 0.3) is 0 Å². The standard InChI is InChI=1S/C18H16ClN3O3/c19-14-5-3-13(4-6-14)12-17(23)20-9-11-25-18-8-7-15(21-22-18)16-2-1-10-24-16/h1-8,10H,9,11-12H2,(H,20,23). The Kier molecular flexibility index (Phi) is 5.64. The molecule has 0 atom stereocenters. The normalized spacial score (nSPS) is 10.4. The van der Waals surface area contributed by atoms with Crippen LogP contribution < -0.4 is 10.1 Å². The lowest BCUT2D eigenvalue weighted by molar-refractivity contribution is -0.120. The lowest BCUT2D eigenvalue weighted by Crippen LogP contribution is -2.29. The molecule has 0 saturated carbocycles. The molecular weight excluding hydrogens is 342 g/mol. The van der Waals surface area contributed by atoms with Crippen LogP contribution >= 0.6 is 11.6 Å². The fraction of sp³-hybridized carbons (Fsp3) is 0.167. The minimum Gasteiger partial charge on any atom is -0.475 e. The second kappa shape index (κ2) is 8.30. The molecule has 3 rings (SSSR count). The van der Waals surface area contributed by atoms with Crippen LogP contribution in [-0.2, 0) is 11.2 Å². The molecule has 128 valence electrons. The minimum absolute atomic E-state index is 0.0785. The molecule has 0 spiro atoms. The van der Waals surface area contributed by atoms with Gasteiger partial charge in [-0.05, 0) is 35.9 Å². The third-order valence-electron chi connectivity index (χ3n) is 3.37. The van der Waals surface area contributed by atoms with E-state index in [2.05, 4.69) is 15.5 Å². The van der Waals surface area contributed by atoms with Crippen LogP contribution in [0.4, 0.5) is 0 Å². The summed E-state index contributed by atoms with van der Waals surface area (Å²) in [5.74, 6) is 0.959. The molecule has 0 aliphatic rings. The summed E-state index contributed by atoms with van der Waals surface area (Å²) in [6, 6.07) is 14.2. The van der Waals surface area contributed by atoms with E-state index >= 15 is 0 Å². The Morgan fingerprint density at radius 1 is 1.12 bits per heavy atom. The van der Waals surface area contributed by atoms with Gasteiger partial charge in [-0.1, -0.05) is 23.7 Å². The van der Waals surface area contributed by atoms with Crippen molar-refractivity contribution < 1.29 is 13.9 Å². The highest BCUT2D eigenvalue weighted by molar-refractivity contribution is 6.30. The highest BCUT2D eigenvalue weighted by atomic mass is 35.5. The van der Waals surface area contributed by atoms with Crippen molar-refractivity contribution in [1.82, 2.24) is 15.5 Å².